The van der Waals surface area contributed by atoms with E-state index in [9.17, 15) is 13.2 Å². The molecule has 76 valence electrons. The van der Waals surface area contributed by atoms with Crippen LogP contribution in [0, 0.1) is 0 Å². The van der Waals surface area contributed by atoms with Gasteiger partial charge in [-0.2, -0.15) is 13.2 Å². The molecule has 0 amide bonds. The molecule has 0 aliphatic rings. The summed E-state index contributed by atoms with van der Waals surface area (Å²) in [4.78, 5) is 0. The third-order valence-electron chi connectivity index (χ3n) is 1.41. The molecule has 0 fully saturated rings. The molecule has 0 spiro atoms. The fraction of sp³-hybridized carbons (Fsp3) is 0.143. The van der Waals surface area contributed by atoms with Gasteiger partial charge in [0.1, 0.15) is 0 Å². The molecule has 0 N–H and O–H groups in total. The lowest BCUT2D eigenvalue weighted by molar-refractivity contribution is -0.137. The minimum absolute atomic E-state index is 0.310. The fourth-order valence-corrected chi connectivity index (χ4v) is 1.31. The van der Waals surface area contributed by atoms with E-state index in [2.05, 4.69) is 25.7 Å². The Hall–Kier alpha value is -0.620. The molecular formula is C7H3BrClF3N2. The maximum atomic E-state index is 12.4. The highest BCUT2D eigenvalue weighted by Gasteiger charge is 2.33. The predicted octanol–water partition coefficient (Wildman–Crippen LogP) is 4.71. The first-order valence-corrected chi connectivity index (χ1v) is 4.47. The first-order chi connectivity index (χ1) is 6.45. The molecule has 14 heavy (non-hydrogen) atoms. The van der Waals surface area contributed by atoms with Gasteiger partial charge in [0.2, 0.25) is 0 Å². The van der Waals surface area contributed by atoms with Crippen LogP contribution >= 0.6 is 27.7 Å². The van der Waals surface area contributed by atoms with E-state index in [-0.39, 0.29) is 5.69 Å². The first-order valence-electron chi connectivity index (χ1n) is 3.34. The van der Waals surface area contributed by atoms with Crippen molar-refractivity contribution in [1.29, 1.82) is 0 Å². The van der Waals surface area contributed by atoms with Gasteiger partial charge in [0, 0.05) is 4.47 Å². The standard InChI is InChI=1S/C7H3BrClF3N2/c8-4-1-2-6(13-14-9)5(3-4)7(10,11)12/h1-3H. The van der Waals surface area contributed by atoms with Gasteiger partial charge in [0.05, 0.1) is 23.0 Å². The zero-order chi connectivity index (χ0) is 10.8. The van der Waals surface area contributed by atoms with Crippen LogP contribution in [0.2, 0.25) is 0 Å². The first kappa shape index (κ1) is 11.5. The van der Waals surface area contributed by atoms with E-state index in [1.54, 1.807) is 0 Å². The van der Waals surface area contributed by atoms with Crippen LogP contribution in [0.4, 0.5) is 18.9 Å². The van der Waals surface area contributed by atoms with E-state index in [0.717, 1.165) is 6.07 Å². The van der Waals surface area contributed by atoms with E-state index in [4.69, 9.17) is 11.8 Å². The Balaban J connectivity index is 3.30. The molecule has 0 heterocycles. The number of hydrogen-bond donors (Lipinski definition) is 0. The maximum absolute atomic E-state index is 12.4. The molecule has 0 aliphatic heterocycles. The second-order valence-electron chi connectivity index (χ2n) is 2.33. The van der Waals surface area contributed by atoms with Crippen molar-refractivity contribution in [1.82, 2.24) is 0 Å². The third-order valence-corrected chi connectivity index (χ3v) is 1.98. The fourth-order valence-electron chi connectivity index (χ4n) is 0.863. The number of hydrogen-bond acceptors (Lipinski definition) is 2. The lowest BCUT2D eigenvalue weighted by Gasteiger charge is -2.08. The summed E-state index contributed by atoms with van der Waals surface area (Å²) in [6.45, 7) is 0. The Kier molecular flexibility index (Phi) is 3.49. The van der Waals surface area contributed by atoms with Crippen LogP contribution in [0.3, 0.4) is 0 Å². The van der Waals surface area contributed by atoms with Gasteiger partial charge in [-0.25, -0.2) is 0 Å². The zero-order valence-corrected chi connectivity index (χ0v) is 8.86. The van der Waals surface area contributed by atoms with E-state index in [0.29, 0.717) is 4.47 Å². The number of rotatable bonds is 1. The number of alkyl halides is 3. The van der Waals surface area contributed by atoms with Crippen LogP contribution in [-0.2, 0) is 6.18 Å². The third kappa shape index (κ3) is 2.68. The Morgan fingerprint density at radius 3 is 2.43 bits per heavy atom. The molecule has 0 radical (unpaired) electrons. The quantitative estimate of drug-likeness (QED) is 0.669. The van der Waals surface area contributed by atoms with Crippen molar-refractivity contribution in [2.45, 2.75) is 6.18 Å². The van der Waals surface area contributed by atoms with Crippen molar-refractivity contribution in [2.75, 3.05) is 0 Å². The molecular weight excluding hydrogens is 284 g/mol. The second-order valence-corrected chi connectivity index (χ2v) is 3.40. The number of benzene rings is 1. The summed E-state index contributed by atoms with van der Waals surface area (Å²) in [7, 11) is 0. The Labute approximate surface area is 91.0 Å². The molecule has 0 saturated carbocycles. The molecule has 0 aliphatic carbocycles. The minimum atomic E-state index is -4.47. The SMILES string of the molecule is FC(F)(F)c1cc(Br)ccc1N=NCl. The summed E-state index contributed by atoms with van der Waals surface area (Å²) in [6.07, 6.45) is -4.47. The smallest absolute Gasteiger partial charge is 0.166 e. The summed E-state index contributed by atoms with van der Waals surface area (Å²) in [5.41, 5.74) is -1.19. The van der Waals surface area contributed by atoms with Gasteiger partial charge in [-0.15, -0.1) is 5.11 Å². The molecule has 1 rings (SSSR count). The minimum Gasteiger partial charge on any atom is -0.166 e. The number of nitrogens with zero attached hydrogens (tertiary/aromatic N) is 2. The molecule has 7 heteroatoms. The molecule has 1 aromatic rings. The normalized spacial score (nSPS) is 12.4. The van der Waals surface area contributed by atoms with E-state index in [1.165, 1.54) is 12.1 Å². The van der Waals surface area contributed by atoms with Gasteiger partial charge >= 0.3 is 6.18 Å². The van der Waals surface area contributed by atoms with Crippen molar-refractivity contribution in [2.24, 2.45) is 9.75 Å². The number of halogens is 5. The largest absolute Gasteiger partial charge is 0.418 e. The van der Waals surface area contributed by atoms with E-state index >= 15 is 0 Å². The Morgan fingerprint density at radius 1 is 1.29 bits per heavy atom. The van der Waals surface area contributed by atoms with Gasteiger partial charge in [-0.1, -0.05) is 20.6 Å². The average Bonchev–Trinajstić information content (AvgIpc) is 2.07. The lowest BCUT2D eigenvalue weighted by Crippen LogP contribution is -2.04. The summed E-state index contributed by atoms with van der Waals surface area (Å²) in [5.74, 6) is 0. The zero-order valence-electron chi connectivity index (χ0n) is 6.52. The van der Waals surface area contributed by atoms with Crippen molar-refractivity contribution in [3.8, 4) is 0 Å². The Morgan fingerprint density at radius 2 is 1.93 bits per heavy atom. The molecule has 1 aromatic carbocycles. The van der Waals surface area contributed by atoms with Gasteiger partial charge in [0.25, 0.3) is 0 Å². The molecule has 0 bridgehead atoms. The highest BCUT2D eigenvalue weighted by molar-refractivity contribution is 9.10. The van der Waals surface area contributed by atoms with Gasteiger partial charge < -0.3 is 0 Å². The highest BCUT2D eigenvalue weighted by atomic mass is 79.9. The molecule has 0 unspecified atom stereocenters. The monoisotopic (exact) mass is 286 g/mol. The van der Waals surface area contributed by atoms with Crippen LogP contribution < -0.4 is 0 Å². The summed E-state index contributed by atoms with van der Waals surface area (Å²) in [5, 5.41) is 3.16. The van der Waals surface area contributed by atoms with Crippen LogP contribution in [0.5, 0.6) is 0 Å². The lowest BCUT2D eigenvalue weighted by atomic mass is 10.2. The molecule has 0 atom stereocenters. The second kappa shape index (κ2) is 4.27. The Bertz CT molecular complexity index is 364. The molecule has 0 saturated heterocycles. The van der Waals surface area contributed by atoms with Crippen LogP contribution in [0.25, 0.3) is 0 Å². The highest BCUT2D eigenvalue weighted by Crippen LogP contribution is 2.38. The molecule has 2 nitrogen and oxygen atoms in total. The van der Waals surface area contributed by atoms with Crippen LogP contribution in [0.1, 0.15) is 5.56 Å². The topological polar surface area (TPSA) is 24.7 Å². The van der Waals surface area contributed by atoms with Gasteiger partial charge in [0.15, 0.2) is 0 Å². The van der Waals surface area contributed by atoms with Crippen LogP contribution in [-0.4, -0.2) is 0 Å². The van der Waals surface area contributed by atoms with E-state index in [1.807, 2.05) is 0 Å². The van der Waals surface area contributed by atoms with Crippen molar-refractivity contribution in [3.05, 3.63) is 28.2 Å². The van der Waals surface area contributed by atoms with Crippen molar-refractivity contribution < 1.29 is 13.2 Å². The molecule has 0 aromatic heterocycles. The predicted molar refractivity (Wildman–Crippen MR) is 49.5 cm³/mol. The van der Waals surface area contributed by atoms with E-state index < -0.39 is 11.7 Å². The van der Waals surface area contributed by atoms with Crippen LogP contribution in [0.15, 0.2) is 32.4 Å². The van der Waals surface area contributed by atoms with Gasteiger partial charge in [-0.3, -0.25) is 0 Å². The maximum Gasteiger partial charge on any atom is 0.418 e. The summed E-state index contributed by atoms with van der Waals surface area (Å²) in [6, 6.07) is 3.52. The summed E-state index contributed by atoms with van der Waals surface area (Å²) < 4.78 is 40.3. The van der Waals surface area contributed by atoms with Crippen molar-refractivity contribution in [3.63, 3.8) is 0 Å². The van der Waals surface area contributed by atoms with Gasteiger partial charge in [-0.05, 0) is 18.2 Å². The summed E-state index contributed by atoms with van der Waals surface area (Å²) >= 11 is 7.81. The van der Waals surface area contributed by atoms with Crippen molar-refractivity contribution >= 4 is 33.4 Å². The average molecular weight is 287 g/mol.